The number of carbonyl (C=O) groups excluding carboxylic acids is 2. The van der Waals surface area contributed by atoms with Crippen molar-refractivity contribution in [3.8, 4) is 5.88 Å². The third kappa shape index (κ3) is 5.72. The van der Waals surface area contributed by atoms with Crippen molar-refractivity contribution in [1.82, 2.24) is 19.7 Å². The predicted molar refractivity (Wildman–Crippen MR) is 117 cm³/mol. The third-order valence-electron chi connectivity index (χ3n) is 6.17. The highest BCUT2D eigenvalue weighted by molar-refractivity contribution is 5.94. The molecular weight excluding hydrogens is 380 g/mol. The normalized spacial score (nSPS) is 19.9. The van der Waals surface area contributed by atoms with Crippen molar-refractivity contribution >= 4 is 11.8 Å². The highest BCUT2D eigenvalue weighted by Crippen LogP contribution is 2.21. The lowest BCUT2D eigenvalue weighted by Gasteiger charge is -2.40. The maximum atomic E-state index is 13.0. The molecule has 1 aromatic rings. The number of ether oxygens (including phenoxy) is 1. The Kier molecular flexibility index (Phi) is 8.08. The van der Waals surface area contributed by atoms with Crippen LogP contribution in [0.2, 0.25) is 0 Å². The molecule has 2 aliphatic heterocycles. The Morgan fingerprint density at radius 3 is 2.60 bits per heavy atom. The second-order valence-electron chi connectivity index (χ2n) is 8.73. The molecule has 166 valence electrons. The minimum absolute atomic E-state index is 0.0242. The number of rotatable bonds is 8. The quantitative estimate of drug-likeness (QED) is 0.652. The van der Waals surface area contributed by atoms with Crippen LogP contribution in [-0.4, -0.2) is 83.9 Å². The summed E-state index contributed by atoms with van der Waals surface area (Å²) in [4.78, 5) is 36.5. The molecule has 0 bridgehead atoms. The van der Waals surface area contributed by atoms with E-state index in [4.69, 9.17) is 4.74 Å². The maximum Gasteiger partial charge on any atom is 0.255 e. The van der Waals surface area contributed by atoms with Crippen molar-refractivity contribution in [3.63, 3.8) is 0 Å². The van der Waals surface area contributed by atoms with Crippen molar-refractivity contribution in [2.24, 2.45) is 5.92 Å². The molecule has 1 atom stereocenters. The molecular formula is C23H36N4O3. The van der Waals surface area contributed by atoms with E-state index in [0.29, 0.717) is 18.0 Å². The van der Waals surface area contributed by atoms with Crippen molar-refractivity contribution < 1.29 is 14.3 Å². The lowest BCUT2D eigenvalue weighted by molar-refractivity contribution is -0.138. The van der Waals surface area contributed by atoms with Gasteiger partial charge in [0.25, 0.3) is 5.91 Å². The zero-order chi connectivity index (χ0) is 21.5. The van der Waals surface area contributed by atoms with Gasteiger partial charge in [0.1, 0.15) is 0 Å². The fourth-order valence-corrected chi connectivity index (χ4v) is 4.48. The molecule has 0 radical (unpaired) electrons. The van der Waals surface area contributed by atoms with Crippen LogP contribution in [0.15, 0.2) is 18.3 Å². The Morgan fingerprint density at radius 2 is 1.97 bits per heavy atom. The van der Waals surface area contributed by atoms with Gasteiger partial charge in [0.05, 0.1) is 12.7 Å². The molecule has 7 heteroatoms. The van der Waals surface area contributed by atoms with Crippen molar-refractivity contribution in [2.45, 2.75) is 52.0 Å². The molecule has 3 heterocycles. The van der Waals surface area contributed by atoms with Crippen LogP contribution in [0.25, 0.3) is 0 Å². The van der Waals surface area contributed by atoms with Gasteiger partial charge in [-0.3, -0.25) is 9.59 Å². The summed E-state index contributed by atoms with van der Waals surface area (Å²) in [6.45, 7) is 9.42. The number of likely N-dealkylation sites (tertiary alicyclic amines) is 2. The monoisotopic (exact) mass is 416 g/mol. The van der Waals surface area contributed by atoms with Gasteiger partial charge in [-0.05, 0) is 57.8 Å². The summed E-state index contributed by atoms with van der Waals surface area (Å²) in [6.07, 6.45) is 6.99. The van der Waals surface area contributed by atoms with Gasteiger partial charge in [0.15, 0.2) is 0 Å². The molecule has 30 heavy (non-hydrogen) atoms. The summed E-state index contributed by atoms with van der Waals surface area (Å²) in [5.74, 6) is 0.633. The Bertz CT molecular complexity index is 701. The smallest absolute Gasteiger partial charge is 0.255 e. The van der Waals surface area contributed by atoms with Crippen LogP contribution in [-0.2, 0) is 4.79 Å². The first kappa shape index (κ1) is 22.5. The molecule has 1 aromatic heterocycles. The fraction of sp³-hybridized carbons (Fsp3) is 0.696. The van der Waals surface area contributed by atoms with Crippen LogP contribution < -0.4 is 4.74 Å². The van der Waals surface area contributed by atoms with Crippen LogP contribution in [0.1, 0.15) is 56.3 Å². The molecule has 0 aliphatic carbocycles. The molecule has 3 rings (SSSR count). The zero-order valence-corrected chi connectivity index (χ0v) is 18.7. The summed E-state index contributed by atoms with van der Waals surface area (Å²) < 4.78 is 5.08. The highest BCUT2D eigenvalue weighted by Gasteiger charge is 2.32. The van der Waals surface area contributed by atoms with Gasteiger partial charge in [-0.15, -0.1) is 0 Å². The molecule has 0 N–H and O–H groups in total. The van der Waals surface area contributed by atoms with Gasteiger partial charge in [-0.1, -0.05) is 13.8 Å². The predicted octanol–water partition coefficient (Wildman–Crippen LogP) is 2.67. The Hall–Kier alpha value is -2.15. The first-order valence-corrected chi connectivity index (χ1v) is 11.3. The standard InChI is InChI=1S/C23H36N4O3/c1-18(2)22(28)27(15-7-13-25-11-4-5-12-25)20-8-6-14-26(17-20)23(29)19-9-10-21(30-3)24-16-19/h9-10,16,18,20H,4-8,11-15,17H2,1-3H3. The largest absolute Gasteiger partial charge is 0.481 e. The van der Waals surface area contributed by atoms with Crippen molar-refractivity contribution in [2.75, 3.05) is 46.4 Å². The topological polar surface area (TPSA) is 66.0 Å². The minimum Gasteiger partial charge on any atom is -0.481 e. The number of pyridine rings is 1. The maximum absolute atomic E-state index is 13.0. The average Bonchev–Trinajstić information content (AvgIpc) is 3.29. The average molecular weight is 417 g/mol. The van der Waals surface area contributed by atoms with E-state index in [-0.39, 0.29) is 23.8 Å². The van der Waals surface area contributed by atoms with E-state index in [1.54, 1.807) is 25.4 Å². The minimum atomic E-state index is -0.0337. The molecule has 0 aromatic carbocycles. The highest BCUT2D eigenvalue weighted by atomic mass is 16.5. The summed E-state index contributed by atoms with van der Waals surface area (Å²) in [5, 5.41) is 0. The number of carbonyl (C=O) groups is 2. The van der Waals surface area contributed by atoms with Crippen molar-refractivity contribution in [3.05, 3.63) is 23.9 Å². The van der Waals surface area contributed by atoms with E-state index in [2.05, 4.69) is 9.88 Å². The van der Waals surface area contributed by atoms with Gasteiger partial charge in [0.2, 0.25) is 11.8 Å². The van der Waals surface area contributed by atoms with Crippen LogP contribution in [0.3, 0.4) is 0 Å². The van der Waals surface area contributed by atoms with Crippen LogP contribution in [0.4, 0.5) is 0 Å². The van der Waals surface area contributed by atoms with Gasteiger partial charge in [-0.25, -0.2) is 4.98 Å². The van der Waals surface area contributed by atoms with Crippen LogP contribution in [0.5, 0.6) is 5.88 Å². The number of piperidine rings is 1. The molecule has 0 spiro atoms. The molecule has 7 nitrogen and oxygen atoms in total. The summed E-state index contributed by atoms with van der Waals surface area (Å²) in [7, 11) is 1.56. The second-order valence-corrected chi connectivity index (χ2v) is 8.73. The molecule has 2 fully saturated rings. The number of hydrogen-bond acceptors (Lipinski definition) is 5. The lowest BCUT2D eigenvalue weighted by Crippen LogP contribution is -2.53. The fourth-order valence-electron chi connectivity index (χ4n) is 4.48. The van der Waals surface area contributed by atoms with Gasteiger partial charge in [-0.2, -0.15) is 0 Å². The number of aromatic nitrogens is 1. The molecule has 2 amide bonds. The van der Waals surface area contributed by atoms with E-state index >= 15 is 0 Å². The molecule has 1 unspecified atom stereocenters. The van der Waals surface area contributed by atoms with E-state index < -0.39 is 0 Å². The summed E-state index contributed by atoms with van der Waals surface area (Å²) >= 11 is 0. The number of nitrogens with zero attached hydrogens (tertiary/aromatic N) is 4. The lowest BCUT2D eigenvalue weighted by atomic mass is 10.0. The number of hydrogen-bond donors (Lipinski definition) is 0. The first-order valence-electron chi connectivity index (χ1n) is 11.3. The Morgan fingerprint density at radius 1 is 1.20 bits per heavy atom. The SMILES string of the molecule is COc1ccc(C(=O)N2CCCC(N(CCCN3CCCC3)C(=O)C(C)C)C2)cn1. The van der Waals surface area contributed by atoms with Gasteiger partial charge < -0.3 is 19.4 Å². The van der Waals surface area contributed by atoms with E-state index in [1.807, 2.05) is 23.6 Å². The molecule has 0 saturated carbocycles. The van der Waals surface area contributed by atoms with Crippen molar-refractivity contribution in [1.29, 1.82) is 0 Å². The first-order chi connectivity index (χ1) is 14.5. The summed E-state index contributed by atoms with van der Waals surface area (Å²) in [6, 6.07) is 3.55. The third-order valence-corrected chi connectivity index (χ3v) is 6.17. The molecule has 2 aliphatic rings. The van der Waals surface area contributed by atoms with Gasteiger partial charge >= 0.3 is 0 Å². The van der Waals surface area contributed by atoms with E-state index in [0.717, 1.165) is 38.9 Å². The number of methoxy groups -OCH3 is 1. The Labute approximate surface area is 180 Å². The van der Waals surface area contributed by atoms with E-state index in [9.17, 15) is 9.59 Å². The number of amides is 2. The van der Waals surface area contributed by atoms with Gasteiger partial charge in [0, 0.05) is 43.9 Å². The van der Waals surface area contributed by atoms with Crippen LogP contribution >= 0.6 is 0 Å². The Balaban J connectivity index is 1.63. The zero-order valence-electron chi connectivity index (χ0n) is 18.7. The second kappa shape index (κ2) is 10.8. The van der Waals surface area contributed by atoms with Crippen LogP contribution in [0, 0.1) is 5.92 Å². The molecule has 2 saturated heterocycles. The summed E-state index contributed by atoms with van der Waals surface area (Å²) in [5.41, 5.74) is 0.562. The van der Waals surface area contributed by atoms with E-state index in [1.165, 1.54) is 25.9 Å².